The Labute approximate surface area is 130 Å². The van der Waals surface area contributed by atoms with Crippen molar-refractivity contribution < 1.29 is 4.79 Å². The lowest BCUT2D eigenvalue weighted by Gasteiger charge is -2.08. The third-order valence-corrected chi connectivity index (χ3v) is 4.36. The summed E-state index contributed by atoms with van der Waals surface area (Å²) in [5.74, 6) is 0.913. The van der Waals surface area contributed by atoms with Crippen molar-refractivity contribution in [1.82, 2.24) is 24.7 Å². The molecule has 4 rings (SSSR count). The third-order valence-electron chi connectivity index (χ3n) is 3.38. The van der Waals surface area contributed by atoms with Gasteiger partial charge in [-0.2, -0.15) is 5.10 Å². The van der Waals surface area contributed by atoms with E-state index in [1.807, 2.05) is 30.5 Å². The minimum absolute atomic E-state index is 0.178. The molecule has 0 aliphatic carbocycles. The van der Waals surface area contributed by atoms with Crippen molar-refractivity contribution in [1.29, 1.82) is 0 Å². The lowest BCUT2D eigenvalue weighted by Crippen LogP contribution is -2.14. The number of benzene rings is 1. The second kappa shape index (κ2) is 5.30. The average molecular weight is 312 g/mol. The largest absolute Gasteiger partial charge is 0.325 e. The van der Waals surface area contributed by atoms with E-state index in [1.165, 1.54) is 6.33 Å². The number of carbonyl (C=O) groups is 1. The molecule has 0 saturated heterocycles. The molecule has 0 atom stereocenters. The standard InChI is InChI=1S/C14H12N6OS/c21-13(12-15-8-16-19-12)17-10-4-2-1-3-9(10)11-7-20-5-6-22-14(20)18-11/h1-4,7-8H,5-6H2,(H,17,21)(H,15,16,19). The summed E-state index contributed by atoms with van der Waals surface area (Å²) in [7, 11) is 0. The first kappa shape index (κ1) is 13.1. The number of thioether (sulfide) groups is 1. The molecule has 3 aromatic rings. The van der Waals surface area contributed by atoms with E-state index in [2.05, 4.69) is 30.0 Å². The van der Waals surface area contributed by atoms with E-state index in [-0.39, 0.29) is 11.7 Å². The van der Waals surface area contributed by atoms with Crippen LogP contribution in [0.4, 0.5) is 5.69 Å². The van der Waals surface area contributed by atoms with Crippen molar-refractivity contribution in [3.8, 4) is 11.3 Å². The Kier molecular flexibility index (Phi) is 3.15. The zero-order valence-corrected chi connectivity index (χ0v) is 12.3. The van der Waals surface area contributed by atoms with Crippen molar-refractivity contribution in [3.63, 3.8) is 0 Å². The summed E-state index contributed by atoms with van der Waals surface area (Å²) >= 11 is 1.74. The zero-order chi connectivity index (χ0) is 14.9. The van der Waals surface area contributed by atoms with Crippen LogP contribution < -0.4 is 5.32 Å². The summed E-state index contributed by atoms with van der Waals surface area (Å²) < 4.78 is 2.13. The molecule has 22 heavy (non-hydrogen) atoms. The highest BCUT2D eigenvalue weighted by molar-refractivity contribution is 7.99. The van der Waals surface area contributed by atoms with E-state index < -0.39 is 0 Å². The molecule has 3 heterocycles. The molecule has 110 valence electrons. The molecule has 1 aliphatic heterocycles. The number of aromatic nitrogens is 5. The van der Waals surface area contributed by atoms with E-state index in [4.69, 9.17) is 0 Å². The number of carbonyl (C=O) groups excluding carboxylic acids is 1. The molecule has 0 radical (unpaired) electrons. The monoisotopic (exact) mass is 312 g/mol. The summed E-state index contributed by atoms with van der Waals surface area (Å²) in [4.78, 5) is 20.6. The van der Waals surface area contributed by atoms with Gasteiger partial charge in [0.2, 0.25) is 5.82 Å². The second-order valence-corrected chi connectivity index (χ2v) is 5.85. The zero-order valence-electron chi connectivity index (χ0n) is 11.5. The van der Waals surface area contributed by atoms with Crippen LogP contribution in [0, 0.1) is 0 Å². The summed E-state index contributed by atoms with van der Waals surface area (Å²) in [6, 6.07) is 7.59. The predicted molar refractivity (Wildman–Crippen MR) is 82.7 cm³/mol. The number of nitrogens with zero attached hydrogens (tertiary/aromatic N) is 4. The molecular weight excluding hydrogens is 300 g/mol. The topological polar surface area (TPSA) is 88.5 Å². The Balaban J connectivity index is 1.67. The van der Waals surface area contributed by atoms with Crippen molar-refractivity contribution in [2.24, 2.45) is 0 Å². The van der Waals surface area contributed by atoms with Gasteiger partial charge in [-0.1, -0.05) is 30.0 Å². The van der Waals surface area contributed by atoms with E-state index in [0.29, 0.717) is 5.69 Å². The van der Waals surface area contributed by atoms with E-state index in [1.54, 1.807) is 11.8 Å². The van der Waals surface area contributed by atoms with Crippen molar-refractivity contribution in [2.45, 2.75) is 11.7 Å². The molecule has 1 aromatic carbocycles. The lowest BCUT2D eigenvalue weighted by atomic mass is 10.1. The Hall–Kier alpha value is -2.61. The number of nitrogens with one attached hydrogen (secondary N) is 2. The van der Waals surface area contributed by atoms with Crippen molar-refractivity contribution >= 4 is 23.4 Å². The average Bonchev–Trinajstić information content (AvgIpc) is 3.24. The van der Waals surface area contributed by atoms with Gasteiger partial charge >= 0.3 is 0 Å². The molecule has 0 unspecified atom stereocenters. The smallest absolute Gasteiger partial charge is 0.292 e. The van der Waals surface area contributed by atoms with Gasteiger partial charge in [-0.15, -0.1) is 0 Å². The third kappa shape index (κ3) is 2.27. The van der Waals surface area contributed by atoms with Crippen LogP contribution in [0.3, 0.4) is 0 Å². The number of H-pyrrole nitrogens is 1. The Bertz CT molecular complexity index is 804. The van der Waals surface area contributed by atoms with Crippen LogP contribution in [0.15, 0.2) is 41.9 Å². The minimum Gasteiger partial charge on any atom is -0.325 e. The van der Waals surface area contributed by atoms with Crippen LogP contribution in [0.1, 0.15) is 10.6 Å². The highest BCUT2D eigenvalue weighted by Crippen LogP contribution is 2.32. The summed E-state index contributed by atoms with van der Waals surface area (Å²) in [6.45, 7) is 0.972. The number of rotatable bonds is 3. The van der Waals surface area contributed by atoms with Crippen LogP contribution >= 0.6 is 11.8 Å². The molecule has 1 amide bonds. The van der Waals surface area contributed by atoms with Crippen molar-refractivity contribution in [3.05, 3.63) is 42.6 Å². The Morgan fingerprint density at radius 1 is 1.36 bits per heavy atom. The maximum atomic E-state index is 12.1. The molecule has 0 spiro atoms. The first-order valence-corrected chi connectivity index (χ1v) is 7.76. The maximum absolute atomic E-state index is 12.1. The number of aryl methyl sites for hydroxylation is 1. The molecule has 0 saturated carbocycles. The SMILES string of the molecule is O=C(Nc1ccccc1-c1cn2c(n1)SCC2)c1ncn[nH]1. The van der Waals surface area contributed by atoms with Crippen LogP contribution in [-0.2, 0) is 6.54 Å². The maximum Gasteiger partial charge on any atom is 0.292 e. The van der Waals surface area contributed by atoms with E-state index in [9.17, 15) is 4.79 Å². The Morgan fingerprint density at radius 3 is 3.09 bits per heavy atom. The quantitative estimate of drug-likeness (QED) is 0.772. The second-order valence-electron chi connectivity index (χ2n) is 4.78. The van der Waals surface area contributed by atoms with Crippen LogP contribution in [0.2, 0.25) is 0 Å². The first-order valence-electron chi connectivity index (χ1n) is 6.77. The fourth-order valence-corrected chi connectivity index (χ4v) is 3.29. The molecule has 2 aromatic heterocycles. The van der Waals surface area contributed by atoms with Gasteiger partial charge < -0.3 is 9.88 Å². The summed E-state index contributed by atoms with van der Waals surface area (Å²) in [5.41, 5.74) is 2.44. The normalized spacial score (nSPS) is 13.1. The number of anilines is 1. The Morgan fingerprint density at radius 2 is 2.27 bits per heavy atom. The molecule has 2 N–H and O–H groups in total. The lowest BCUT2D eigenvalue weighted by molar-refractivity contribution is 0.101. The van der Waals surface area contributed by atoms with Gasteiger partial charge in [0.15, 0.2) is 5.16 Å². The predicted octanol–water partition coefficient (Wildman–Crippen LogP) is 2.03. The summed E-state index contributed by atoms with van der Waals surface area (Å²) in [5, 5.41) is 10.1. The molecule has 1 aliphatic rings. The van der Waals surface area contributed by atoms with Crippen LogP contribution in [0.5, 0.6) is 0 Å². The molecule has 7 nitrogen and oxygen atoms in total. The number of amides is 1. The van der Waals surface area contributed by atoms with Gasteiger partial charge in [-0.25, -0.2) is 9.97 Å². The number of imidazole rings is 1. The van der Waals surface area contributed by atoms with Crippen LogP contribution in [0.25, 0.3) is 11.3 Å². The highest BCUT2D eigenvalue weighted by Gasteiger charge is 2.18. The van der Waals surface area contributed by atoms with Crippen LogP contribution in [-0.4, -0.2) is 36.4 Å². The number of aromatic amines is 1. The highest BCUT2D eigenvalue weighted by atomic mass is 32.2. The van der Waals surface area contributed by atoms with Gasteiger partial charge in [0, 0.05) is 24.1 Å². The fraction of sp³-hybridized carbons (Fsp3) is 0.143. The molecule has 0 fully saturated rings. The van der Waals surface area contributed by atoms with Gasteiger partial charge in [-0.05, 0) is 6.07 Å². The van der Waals surface area contributed by atoms with Crippen molar-refractivity contribution in [2.75, 3.05) is 11.1 Å². The molecule has 0 bridgehead atoms. The summed E-state index contributed by atoms with van der Waals surface area (Å²) in [6.07, 6.45) is 3.33. The number of para-hydroxylation sites is 1. The minimum atomic E-state index is -0.328. The van der Waals surface area contributed by atoms with Gasteiger partial charge in [0.25, 0.3) is 5.91 Å². The molecule has 8 heteroatoms. The fourth-order valence-electron chi connectivity index (χ4n) is 2.35. The number of hydrogen-bond donors (Lipinski definition) is 2. The number of fused-ring (bicyclic) bond motifs is 1. The number of hydrogen-bond acceptors (Lipinski definition) is 5. The molecular formula is C14H12N6OS. The van der Waals surface area contributed by atoms with Gasteiger partial charge in [0.05, 0.1) is 11.4 Å². The van der Waals surface area contributed by atoms with E-state index in [0.717, 1.165) is 28.7 Å². The van der Waals surface area contributed by atoms with Gasteiger partial charge in [-0.3, -0.25) is 9.89 Å². The first-order chi connectivity index (χ1) is 10.8. The van der Waals surface area contributed by atoms with Gasteiger partial charge in [0.1, 0.15) is 6.33 Å². The van der Waals surface area contributed by atoms with E-state index >= 15 is 0 Å².